The Kier molecular flexibility index (Phi) is 6.31. The van der Waals surface area contributed by atoms with Gasteiger partial charge in [0.2, 0.25) is 0 Å². The average Bonchev–Trinajstić information content (AvgIpc) is 2.02. The van der Waals surface area contributed by atoms with E-state index in [0.29, 0.717) is 6.42 Å². The van der Waals surface area contributed by atoms with Crippen LogP contribution in [0.15, 0.2) is 0 Å². The highest BCUT2D eigenvalue weighted by molar-refractivity contribution is 7.91. The zero-order valence-corrected chi connectivity index (χ0v) is 10.2. The molecule has 0 amide bonds. The number of likely N-dealkylation sites (N-methyl/N-ethyl adjacent to an activating group) is 1. The SMILES string of the molecule is CCS(=O)(=O)CCCC(N)CN(C)C. The Hall–Kier alpha value is -0.130. The Bertz CT molecular complexity index is 237. The second kappa shape index (κ2) is 6.37. The van der Waals surface area contributed by atoms with E-state index in [1.165, 1.54) is 0 Å². The summed E-state index contributed by atoms with van der Waals surface area (Å²) in [5.41, 5.74) is 5.81. The number of sulfone groups is 1. The van der Waals surface area contributed by atoms with Gasteiger partial charge in [-0.05, 0) is 26.9 Å². The number of nitrogens with zero attached hydrogens (tertiary/aromatic N) is 1. The van der Waals surface area contributed by atoms with Crippen LogP contribution in [0.3, 0.4) is 0 Å². The van der Waals surface area contributed by atoms with Gasteiger partial charge in [-0.1, -0.05) is 6.92 Å². The van der Waals surface area contributed by atoms with Gasteiger partial charge in [0.05, 0.1) is 5.75 Å². The summed E-state index contributed by atoms with van der Waals surface area (Å²) in [6.45, 7) is 2.49. The molecule has 0 rings (SSSR count). The van der Waals surface area contributed by atoms with Crippen LogP contribution in [0.25, 0.3) is 0 Å². The third-order valence-corrected chi connectivity index (χ3v) is 3.86. The maximum atomic E-state index is 11.2. The first-order valence-electron chi connectivity index (χ1n) is 4.98. The highest BCUT2D eigenvalue weighted by Crippen LogP contribution is 2.00. The van der Waals surface area contributed by atoms with E-state index in [9.17, 15) is 8.42 Å². The summed E-state index contributed by atoms with van der Waals surface area (Å²) in [5, 5.41) is 0. The van der Waals surface area contributed by atoms with Crippen LogP contribution in [0.2, 0.25) is 0 Å². The Morgan fingerprint density at radius 3 is 2.36 bits per heavy atom. The first-order valence-corrected chi connectivity index (χ1v) is 6.80. The summed E-state index contributed by atoms with van der Waals surface area (Å²) in [6.07, 6.45) is 1.45. The lowest BCUT2D eigenvalue weighted by atomic mass is 10.2. The standard InChI is InChI=1S/C9H22N2O2S/c1-4-14(12,13)7-5-6-9(10)8-11(2)3/h9H,4-8,10H2,1-3H3. The van der Waals surface area contributed by atoms with Crippen molar-refractivity contribution in [3.05, 3.63) is 0 Å². The van der Waals surface area contributed by atoms with Gasteiger partial charge in [0, 0.05) is 18.3 Å². The number of rotatable bonds is 7. The van der Waals surface area contributed by atoms with Crippen molar-refractivity contribution in [1.29, 1.82) is 0 Å². The molecule has 5 heteroatoms. The molecule has 14 heavy (non-hydrogen) atoms. The maximum Gasteiger partial charge on any atom is 0.150 e. The van der Waals surface area contributed by atoms with Crippen molar-refractivity contribution in [3.63, 3.8) is 0 Å². The number of nitrogens with two attached hydrogens (primary N) is 1. The average molecular weight is 222 g/mol. The first-order chi connectivity index (χ1) is 6.37. The van der Waals surface area contributed by atoms with E-state index in [1.807, 2.05) is 19.0 Å². The van der Waals surface area contributed by atoms with Gasteiger partial charge < -0.3 is 10.6 Å². The van der Waals surface area contributed by atoms with Crippen LogP contribution in [0.1, 0.15) is 19.8 Å². The van der Waals surface area contributed by atoms with Crippen molar-refractivity contribution in [2.75, 3.05) is 32.1 Å². The van der Waals surface area contributed by atoms with E-state index >= 15 is 0 Å². The van der Waals surface area contributed by atoms with Crippen LogP contribution in [-0.2, 0) is 9.84 Å². The van der Waals surface area contributed by atoms with Crippen LogP contribution in [0.4, 0.5) is 0 Å². The van der Waals surface area contributed by atoms with Crippen LogP contribution in [-0.4, -0.2) is 51.5 Å². The van der Waals surface area contributed by atoms with E-state index < -0.39 is 9.84 Å². The molecule has 0 aliphatic rings. The summed E-state index contributed by atoms with van der Waals surface area (Å²) >= 11 is 0. The molecule has 2 N–H and O–H groups in total. The molecule has 0 saturated heterocycles. The third-order valence-electron chi connectivity index (χ3n) is 2.07. The Labute approximate surface area is 87.4 Å². The highest BCUT2D eigenvalue weighted by atomic mass is 32.2. The van der Waals surface area contributed by atoms with E-state index in [0.717, 1.165) is 13.0 Å². The van der Waals surface area contributed by atoms with Crippen molar-refractivity contribution in [1.82, 2.24) is 4.90 Å². The van der Waals surface area contributed by atoms with Crippen LogP contribution in [0, 0.1) is 0 Å². The van der Waals surface area contributed by atoms with Gasteiger partial charge in [-0.15, -0.1) is 0 Å². The van der Waals surface area contributed by atoms with Crippen LogP contribution in [0.5, 0.6) is 0 Å². The molecular formula is C9H22N2O2S. The highest BCUT2D eigenvalue weighted by Gasteiger charge is 2.09. The second-order valence-corrected chi connectivity index (χ2v) is 6.37. The van der Waals surface area contributed by atoms with Gasteiger partial charge in [0.1, 0.15) is 9.84 Å². The maximum absolute atomic E-state index is 11.2. The summed E-state index contributed by atoms with van der Waals surface area (Å²) in [5.74, 6) is 0.501. The fourth-order valence-corrected chi connectivity index (χ4v) is 2.17. The lowest BCUT2D eigenvalue weighted by molar-refractivity contribution is 0.362. The van der Waals surface area contributed by atoms with E-state index in [4.69, 9.17) is 5.73 Å². The lowest BCUT2D eigenvalue weighted by Gasteiger charge is -2.16. The molecule has 1 unspecified atom stereocenters. The minimum Gasteiger partial charge on any atom is -0.327 e. The smallest absolute Gasteiger partial charge is 0.150 e. The summed E-state index contributed by atoms with van der Waals surface area (Å²) < 4.78 is 22.3. The predicted molar refractivity (Wildman–Crippen MR) is 60.1 cm³/mol. The molecule has 0 aromatic rings. The molecule has 0 radical (unpaired) electrons. The van der Waals surface area contributed by atoms with Gasteiger partial charge >= 0.3 is 0 Å². The molecule has 0 aromatic carbocycles. The third kappa shape index (κ3) is 7.29. The molecular weight excluding hydrogens is 200 g/mol. The molecule has 0 bridgehead atoms. The Balaban J connectivity index is 3.64. The van der Waals surface area contributed by atoms with E-state index in [2.05, 4.69) is 0 Å². The monoisotopic (exact) mass is 222 g/mol. The molecule has 0 aliphatic carbocycles. The molecule has 1 atom stereocenters. The molecule has 0 saturated carbocycles. The minimum absolute atomic E-state index is 0.0806. The fourth-order valence-electron chi connectivity index (χ4n) is 1.27. The molecule has 0 heterocycles. The second-order valence-electron chi connectivity index (χ2n) is 3.90. The van der Waals surface area contributed by atoms with Crippen molar-refractivity contribution in [3.8, 4) is 0 Å². The van der Waals surface area contributed by atoms with Gasteiger partial charge in [-0.25, -0.2) is 8.42 Å². The minimum atomic E-state index is -2.81. The number of hydrogen-bond acceptors (Lipinski definition) is 4. The largest absolute Gasteiger partial charge is 0.327 e. The van der Waals surface area contributed by atoms with Crippen molar-refractivity contribution in [2.45, 2.75) is 25.8 Å². The van der Waals surface area contributed by atoms with Gasteiger partial charge in [-0.2, -0.15) is 0 Å². The first kappa shape index (κ1) is 13.9. The van der Waals surface area contributed by atoms with E-state index in [-0.39, 0.29) is 17.5 Å². The normalized spacial score (nSPS) is 14.6. The van der Waals surface area contributed by atoms with Gasteiger partial charge in [0.25, 0.3) is 0 Å². The summed E-state index contributed by atoms with van der Waals surface area (Å²) in [4.78, 5) is 2.01. The molecule has 0 aromatic heterocycles. The zero-order chi connectivity index (χ0) is 11.2. The van der Waals surface area contributed by atoms with Crippen LogP contribution >= 0.6 is 0 Å². The van der Waals surface area contributed by atoms with Crippen LogP contribution < -0.4 is 5.73 Å². The molecule has 0 spiro atoms. The Morgan fingerprint density at radius 1 is 1.36 bits per heavy atom. The molecule has 0 fully saturated rings. The predicted octanol–water partition coefficient (Wildman–Crippen LogP) is 0.0902. The van der Waals surface area contributed by atoms with E-state index in [1.54, 1.807) is 6.92 Å². The molecule has 86 valence electrons. The van der Waals surface area contributed by atoms with Gasteiger partial charge in [0.15, 0.2) is 0 Å². The van der Waals surface area contributed by atoms with Crippen molar-refractivity contribution in [2.24, 2.45) is 5.73 Å². The fraction of sp³-hybridized carbons (Fsp3) is 1.00. The molecule has 4 nitrogen and oxygen atoms in total. The lowest BCUT2D eigenvalue weighted by Crippen LogP contribution is -2.33. The summed E-state index contributed by atoms with van der Waals surface area (Å²) in [6, 6.07) is 0.0806. The Morgan fingerprint density at radius 2 is 1.93 bits per heavy atom. The van der Waals surface area contributed by atoms with Crippen molar-refractivity contribution < 1.29 is 8.42 Å². The summed E-state index contributed by atoms with van der Waals surface area (Å²) in [7, 11) is 1.11. The quantitative estimate of drug-likeness (QED) is 0.663. The number of hydrogen-bond donors (Lipinski definition) is 1. The topological polar surface area (TPSA) is 63.4 Å². The zero-order valence-electron chi connectivity index (χ0n) is 9.36. The molecule has 0 aliphatic heterocycles. The van der Waals surface area contributed by atoms with Crippen molar-refractivity contribution >= 4 is 9.84 Å². The van der Waals surface area contributed by atoms with Gasteiger partial charge in [-0.3, -0.25) is 0 Å².